The van der Waals surface area contributed by atoms with Gasteiger partial charge in [0.15, 0.2) is 0 Å². The SMILES string of the molecule is O=CCCCCCCCCCCCCC(F)(F)F. The summed E-state index contributed by atoms with van der Waals surface area (Å²) in [6, 6.07) is 0. The summed E-state index contributed by atoms with van der Waals surface area (Å²) in [6.45, 7) is 0. The number of alkyl halides is 3. The average Bonchev–Trinajstić information content (AvgIpc) is 2.29. The molecule has 18 heavy (non-hydrogen) atoms. The van der Waals surface area contributed by atoms with E-state index in [-0.39, 0.29) is 6.42 Å². The Balaban J connectivity index is 3.01. The van der Waals surface area contributed by atoms with Crippen molar-refractivity contribution >= 4 is 6.29 Å². The summed E-state index contributed by atoms with van der Waals surface area (Å²) >= 11 is 0. The van der Waals surface area contributed by atoms with E-state index in [0.29, 0.717) is 12.8 Å². The van der Waals surface area contributed by atoms with Crippen molar-refractivity contribution in [1.82, 2.24) is 0 Å². The molecular formula is C14H25F3O. The van der Waals surface area contributed by atoms with Crippen molar-refractivity contribution in [3.8, 4) is 0 Å². The summed E-state index contributed by atoms with van der Waals surface area (Å²) < 4.78 is 35.5. The zero-order valence-electron chi connectivity index (χ0n) is 11.1. The molecule has 0 aliphatic heterocycles. The van der Waals surface area contributed by atoms with Gasteiger partial charge in [-0.1, -0.05) is 51.4 Å². The largest absolute Gasteiger partial charge is 0.389 e. The number of rotatable bonds is 12. The van der Waals surface area contributed by atoms with E-state index >= 15 is 0 Å². The maximum absolute atomic E-state index is 11.8. The molecule has 0 saturated carbocycles. The van der Waals surface area contributed by atoms with Crippen molar-refractivity contribution in [3.63, 3.8) is 0 Å². The van der Waals surface area contributed by atoms with Crippen LogP contribution in [0.1, 0.15) is 77.0 Å². The molecule has 0 spiro atoms. The Hall–Kier alpha value is -0.540. The monoisotopic (exact) mass is 266 g/mol. The van der Waals surface area contributed by atoms with Crippen LogP contribution in [-0.2, 0) is 4.79 Å². The zero-order chi connectivity index (χ0) is 13.7. The highest BCUT2D eigenvalue weighted by atomic mass is 19.4. The molecule has 0 rings (SSSR count). The maximum atomic E-state index is 11.8. The highest BCUT2D eigenvalue weighted by molar-refractivity contribution is 5.48. The zero-order valence-corrected chi connectivity index (χ0v) is 11.1. The molecule has 0 aromatic rings. The molecule has 0 bridgehead atoms. The van der Waals surface area contributed by atoms with E-state index in [1.807, 2.05) is 0 Å². The topological polar surface area (TPSA) is 17.1 Å². The third kappa shape index (κ3) is 15.5. The van der Waals surface area contributed by atoms with Crippen molar-refractivity contribution in [2.75, 3.05) is 0 Å². The normalized spacial score (nSPS) is 11.7. The van der Waals surface area contributed by atoms with Crippen LogP contribution in [0.25, 0.3) is 0 Å². The van der Waals surface area contributed by atoms with E-state index in [0.717, 1.165) is 38.4 Å². The van der Waals surface area contributed by atoms with Crippen LogP contribution in [0.15, 0.2) is 0 Å². The lowest BCUT2D eigenvalue weighted by Crippen LogP contribution is -2.06. The lowest BCUT2D eigenvalue weighted by atomic mass is 10.1. The Kier molecular flexibility index (Phi) is 11.2. The Bertz CT molecular complexity index is 190. The number of carbonyl (C=O) groups is 1. The van der Waals surface area contributed by atoms with Crippen molar-refractivity contribution < 1.29 is 18.0 Å². The minimum Gasteiger partial charge on any atom is -0.303 e. The number of hydrogen-bond donors (Lipinski definition) is 0. The van der Waals surface area contributed by atoms with Gasteiger partial charge in [0.1, 0.15) is 6.29 Å². The van der Waals surface area contributed by atoms with Gasteiger partial charge in [-0.3, -0.25) is 0 Å². The Morgan fingerprint density at radius 1 is 0.667 bits per heavy atom. The second-order valence-electron chi connectivity index (χ2n) is 4.86. The third-order valence-electron chi connectivity index (χ3n) is 3.03. The molecule has 0 atom stereocenters. The number of aldehydes is 1. The predicted octanol–water partition coefficient (Wildman–Crippen LogP) is 5.43. The van der Waals surface area contributed by atoms with Gasteiger partial charge in [0.2, 0.25) is 0 Å². The first kappa shape index (κ1) is 17.5. The van der Waals surface area contributed by atoms with Crippen LogP contribution >= 0.6 is 0 Å². The molecule has 4 heteroatoms. The lowest BCUT2D eigenvalue weighted by molar-refractivity contribution is -0.135. The van der Waals surface area contributed by atoms with Gasteiger partial charge in [0.25, 0.3) is 0 Å². The molecule has 0 fully saturated rings. The average molecular weight is 266 g/mol. The molecule has 0 heterocycles. The quantitative estimate of drug-likeness (QED) is 0.340. The fourth-order valence-corrected chi connectivity index (χ4v) is 1.97. The Labute approximate surface area is 108 Å². The molecule has 1 nitrogen and oxygen atoms in total. The summed E-state index contributed by atoms with van der Waals surface area (Å²) in [5.74, 6) is 0. The highest BCUT2D eigenvalue weighted by Crippen LogP contribution is 2.23. The molecule has 0 N–H and O–H groups in total. The third-order valence-corrected chi connectivity index (χ3v) is 3.03. The summed E-state index contributed by atoms with van der Waals surface area (Å²) in [5.41, 5.74) is 0. The number of halogens is 3. The molecule has 108 valence electrons. The van der Waals surface area contributed by atoms with Gasteiger partial charge >= 0.3 is 6.18 Å². The van der Waals surface area contributed by atoms with Gasteiger partial charge < -0.3 is 4.79 Å². The number of unbranched alkanes of at least 4 members (excludes halogenated alkanes) is 10. The molecule has 0 unspecified atom stereocenters. The van der Waals surface area contributed by atoms with E-state index in [1.165, 1.54) is 19.3 Å². The van der Waals surface area contributed by atoms with E-state index in [4.69, 9.17) is 0 Å². The van der Waals surface area contributed by atoms with E-state index in [1.54, 1.807) is 0 Å². The number of carbonyl (C=O) groups excluding carboxylic acids is 1. The second-order valence-corrected chi connectivity index (χ2v) is 4.86. The summed E-state index contributed by atoms with van der Waals surface area (Å²) in [5, 5.41) is 0. The summed E-state index contributed by atoms with van der Waals surface area (Å²) in [6.07, 6.45) is 6.68. The van der Waals surface area contributed by atoms with Crippen LogP contribution in [0, 0.1) is 0 Å². The van der Waals surface area contributed by atoms with Crippen LogP contribution in [-0.4, -0.2) is 12.5 Å². The molecule has 0 amide bonds. The van der Waals surface area contributed by atoms with Gasteiger partial charge in [0, 0.05) is 12.8 Å². The van der Waals surface area contributed by atoms with Gasteiger partial charge in [-0.05, 0) is 12.8 Å². The summed E-state index contributed by atoms with van der Waals surface area (Å²) in [4.78, 5) is 10.1. The Morgan fingerprint density at radius 3 is 1.44 bits per heavy atom. The van der Waals surface area contributed by atoms with Crippen LogP contribution in [0.3, 0.4) is 0 Å². The van der Waals surface area contributed by atoms with Gasteiger partial charge in [-0.15, -0.1) is 0 Å². The fourth-order valence-electron chi connectivity index (χ4n) is 1.97. The first-order valence-electron chi connectivity index (χ1n) is 7.06. The van der Waals surface area contributed by atoms with Crippen molar-refractivity contribution in [1.29, 1.82) is 0 Å². The molecule has 0 aromatic carbocycles. The highest BCUT2D eigenvalue weighted by Gasteiger charge is 2.25. The maximum Gasteiger partial charge on any atom is 0.389 e. The van der Waals surface area contributed by atoms with Gasteiger partial charge in [-0.2, -0.15) is 13.2 Å². The van der Waals surface area contributed by atoms with Crippen molar-refractivity contribution in [2.24, 2.45) is 0 Å². The molecule has 0 radical (unpaired) electrons. The van der Waals surface area contributed by atoms with E-state index in [9.17, 15) is 18.0 Å². The van der Waals surface area contributed by atoms with Gasteiger partial charge in [0.05, 0.1) is 0 Å². The minimum atomic E-state index is -3.98. The lowest BCUT2D eigenvalue weighted by Gasteiger charge is -2.05. The number of hydrogen-bond acceptors (Lipinski definition) is 1. The molecular weight excluding hydrogens is 241 g/mol. The van der Waals surface area contributed by atoms with Crippen molar-refractivity contribution in [3.05, 3.63) is 0 Å². The molecule has 0 aliphatic rings. The second kappa shape index (κ2) is 11.5. The van der Waals surface area contributed by atoms with Crippen LogP contribution in [0.4, 0.5) is 13.2 Å². The standard InChI is InChI=1S/C14H25F3O/c15-14(16,17)12-10-8-6-4-2-1-3-5-7-9-11-13-18/h13H,1-12H2. The van der Waals surface area contributed by atoms with E-state index in [2.05, 4.69) is 0 Å². The molecule has 0 aromatic heterocycles. The first-order valence-corrected chi connectivity index (χ1v) is 7.06. The van der Waals surface area contributed by atoms with Crippen LogP contribution < -0.4 is 0 Å². The van der Waals surface area contributed by atoms with Crippen LogP contribution in [0.5, 0.6) is 0 Å². The Morgan fingerprint density at radius 2 is 1.06 bits per heavy atom. The van der Waals surface area contributed by atoms with Crippen molar-refractivity contribution in [2.45, 2.75) is 83.2 Å². The predicted molar refractivity (Wildman–Crippen MR) is 67.5 cm³/mol. The van der Waals surface area contributed by atoms with Gasteiger partial charge in [-0.25, -0.2) is 0 Å². The van der Waals surface area contributed by atoms with E-state index < -0.39 is 12.6 Å². The fraction of sp³-hybridized carbons (Fsp3) is 0.929. The minimum absolute atomic E-state index is 0.273. The first-order chi connectivity index (χ1) is 8.56. The smallest absolute Gasteiger partial charge is 0.303 e. The molecule has 0 saturated heterocycles. The molecule has 0 aliphatic carbocycles. The van der Waals surface area contributed by atoms with Crippen LogP contribution in [0.2, 0.25) is 0 Å². The summed E-state index contributed by atoms with van der Waals surface area (Å²) in [7, 11) is 0.